The second-order valence-electron chi connectivity index (χ2n) is 5.29. The van der Waals surface area contributed by atoms with Crippen molar-refractivity contribution in [3.8, 4) is 17.2 Å². The molecule has 1 N–H and O–H groups in total. The molecule has 0 aliphatic heterocycles. The average Bonchev–Trinajstić information content (AvgIpc) is 2.66. The van der Waals surface area contributed by atoms with E-state index in [1.165, 1.54) is 25.5 Å². The van der Waals surface area contributed by atoms with Crippen molar-refractivity contribution in [1.82, 2.24) is 4.83 Å². The fraction of sp³-hybridized carbons (Fsp3) is 0.278. The van der Waals surface area contributed by atoms with Crippen molar-refractivity contribution in [2.45, 2.75) is 18.2 Å². The molecule has 2 rings (SSSR count). The quantitative estimate of drug-likeness (QED) is 0.536. The summed E-state index contributed by atoms with van der Waals surface area (Å²) in [6.07, 6.45) is 2.28. The first kappa shape index (κ1) is 19.6. The van der Waals surface area contributed by atoms with Gasteiger partial charge in [-0.25, -0.2) is 4.83 Å². The summed E-state index contributed by atoms with van der Waals surface area (Å²) >= 11 is 0. The number of ether oxygens (including phenoxy) is 3. The molecular formula is C18H22N2O5S. The normalized spacial score (nSPS) is 11.3. The molecule has 0 saturated carbocycles. The molecule has 0 aliphatic carbocycles. The van der Waals surface area contributed by atoms with Crippen LogP contribution in [0.3, 0.4) is 0 Å². The first-order valence-electron chi connectivity index (χ1n) is 8.00. The second-order valence-corrected chi connectivity index (χ2v) is 6.95. The van der Waals surface area contributed by atoms with Crippen molar-refractivity contribution in [3.63, 3.8) is 0 Å². The molecule has 7 nitrogen and oxygen atoms in total. The number of hydrogen-bond acceptors (Lipinski definition) is 6. The molecule has 0 atom stereocenters. The molecule has 0 aromatic heterocycles. The molecule has 0 unspecified atom stereocenters. The Kier molecular flexibility index (Phi) is 6.85. The summed E-state index contributed by atoms with van der Waals surface area (Å²) in [5.74, 6) is 1.76. The van der Waals surface area contributed by atoms with Crippen molar-refractivity contribution in [1.29, 1.82) is 0 Å². The molecule has 0 amide bonds. The number of rotatable bonds is 9. The smallest absolute Gasteiger partial charge is 0.276 e. The van der Waals surface area contributed by atoms with E-state index in [9.17, 15) is 8.42 Å². The van der Waals surface area contributed by atoms with E-state index in [-0.39, 0.29) is 4.90 Å². The van der Waals surface area contributed by atoms with Crippen LogP contribution >= 0.6 is 0 Å². The fourth-order valence-electron chi connectivity index (χ4n) is 2.07. The lowest BCUT2D eigenvalue weighted by molar-refractivity contribution is 0.294. The lowest BCUT2D eigenvalue weighted by atomic mass is 10.2. The molecule has 140 valence electrons. The lowest BCUT2D eigenvalue weighted by Gasteiger charge is -2.10. The summed E-state index contributed by atoms with van der Waals surface area (Å²) in [5, 5.41) is 3.81. The van der Waals surface area contributed by atoms with Gasteiger partial charge >= 0.3 is 0 Å². The highest BCUT2D eigenvalue weighted by Gasteiger charge is 2.12. The maximum Gasteiger partial charge on any atom is 0.276 e. The maximum absolute atomic E-state index is 12.2. The van der Waals surface area contributed by atoms with Crippen molar-refractivity contribution in [2.24, 2.45) is 5.10 Å². The molecule has 0 saturated heterocycles. The molecule has 26 heavy (non-hydrogen) atoms. The van der Waals surface area contributed by atoms with Crippen LogP contribution in [0.25, 0.3) is 0 Å². The zero-order valence-corrected chi connectivity index (χ0v) is 15.7. The van der Waals surface area contributed by atoms with E-state index in [0.29, 0.717) is 29.4 Å². The molecule has 0 heterocycles. The summed E-state index contributed by atoms with van der Waals surface area (Å²) < 4.78 is 40.3. The van der Waals surface area contributed by atoms with E-state index in [1.54, 1.807) is 37.4 Å². The van der Waals surface area contributed by atoms with Crippen molar-refractivity contribution < 1.29 is 22.6 Å². The van der Waals surface area contributed by atoms with Gasteiger partial charge in [0.1, 0.15) is 5.75 Å². The molecule has 8 heteroatoms. The Balaban J connectivity index is 2.08. The first-order chi connectivity index (χ1) is 12.5. The molecular weight excluding hydrogens is 356 g/mol. The number of nitrogens with one attached hydrogen (secondary N) is 1. The number of benzene rings is 2. The summed E-state index contributed by atoms with van der Waals surface area (Å²) in [6, 6.07) is 11.3. The van der Waals surface area contributed by atoms with E-state index in [0.717, 1.165) is 6.42 Å². The van der Waals surface area contributed by atoms with Crippen LogP contribution in [0.2, 0.25) is 0 Å². The number of sulfonamides is 1. The molecule has 0 aliphatic rings. The molecule has 0 spiro atoms. The third kappa shape index (κ3) is 5.13. The van der Waals surface area contributed by atoms with Crippen molar-refractivity contribution >= 4 is 16.2 Å². The second kappa shape index (κ2) is 9.10. The van der Waals surface area contributed by atoms with Crippen LogP contribution in [0.4, 0.5) is 0 Å². The lowest BCUT2D eigenvalue weighted by Crippen LogP contribution is -2.18. The topological polar surface area (TPSA) is 86.2 Å². The van der Waals surface area contributed by atoms with E-state index in [1.807, 2.05) is 6.92 Å². The van der Waals surface area contributed by atoms with E-state index in [2.05, 4.69) is 9.93 Å². The van der Waals surface area contributed by atoms with Gasteiger partial charge in [-0.05, 0) is 54.4 Å². The number of hydrogen-bond donors (Lipinski definition) is 1. The SMILES string of the molecule is CCCOc1ccc(C=NNS(=O)(=O)c2ccc(OC)cc2)cc1OC. The van der Waals surface area contributed by atoms with Crippen molar-refractivity contribution in [2.75, 3.05) is 20.8 Å². The van der Waals surface area contributed by atoms with Crippen LogP contribution in [0.15, 0.2) is 52.5 Å². The monoisotopic (exact) mass is 378 g/mol. The van der Waals surface area contributed by atoms with E-state index < -0.39 is 10.0 Å². The minimum absolute atomic E-state index is 0.0938. The minimum atomic E-state index is -3.75. The van der Waals surface area contributed by atoms with Gasteiger partial charge in [0.05, 0.1) is 31.9 Å². The van der Waals surface area contributed by atoms with Gasteiger partial charge in [-0.3, -0.25) is 0 Å². The van der Waals surface area contributed by atoms with Gasteiger partial charge in [-0.1, -0.05) is 6.92 Å². The summed E-state index contributed by atoms with van der Waals surface area (Å²) in [4.78, 5) is 2.27. The Morgan fingerprint density at radius 2 is 1.77 bits per heavy atom. The zero-order valence-electron chi connectivity index (χ0n) is 14.9. The highest BCUT2D eigenvalue weighted by molar-refractivity contribution is 7.89. The average molecular weight is 378 g/mol. The van der Waals surface area contributed by atoms with Gasteiger partial charge in [0, 0.05) is 0 Å². The van der Waals surface area contributed by atoms with Gasteiger partial charge < -0.3 is 14.2 Å². The Morgan fingerprint density at radius 3 is 2.38 bits per heavy atom. The van der Waals surface area contributed by atoms with Crippen LogP contribution in [-0.2, 0) is 10.0 Å². The van der Waals surface area contributed by atoms with Crippen LogP contribution in [-0.4, -0.2) is 35.5 Å². The van der Waals surface area contributed by atoms with Gasteiger partial charge in [0.2, 0.25) is 0 Å². The summed E-state index contributed by atoms with van der Waals surface area (Å²) in [7, 11) is -0.695. The fourth-order valence-corrected chi connectivity index (χ4v) is 2.86. The van der Waals surface area contributed by atoms with Crippen LogP contribution in [0.5, 0.6) is 17.2 Å². The van der Waals surface area contributed by atoms with Crippen molar-refractivity contribution in [3.05, 3.63) is 48.0 Å². The highest BCUT2D eigenvalue weighted by Crippen LogP contribution is 2.27. The predicted molar refractivity (Wildman–Crippen MR) is 99.7 cm³/mol. The largest absolute Gasteiger partial charge is 0.497 e. The van der Waals surface area contributed by atoms with Crippen LogP contribution in [0, 0.1) is 0 Å². The Labute approximate surface area is 153 Å². The van der Waals surface area contributed by atoms with Gasteiger partial charge in [-0.2, -0.15) is 13.5 Å². The van der Waals surface area contributed by atoms with E-state index >= 15 is 0 Å². The standard InChI is InChI=1S/C18H22N2O5S/c1-4-11-25-17-10-5-14(12-18(17)24-3)13-19-20-26(21,22)16-8-6-15(23-2)7-9-16/h5-10,12-13,20H,4,11H2,1-3H3. The van der Waals surface area contributed by atoms with E-state index in [4.69, 9.17) is 14.2 Å². The molecule has 2 aromatic rings. The Morgan fingerprint density at radius 1 is 1.04 bits per heavy atom. The number of hydrazone groups is 1. The Bertz CT molecular complexity index is 848. The molecule has 0 bridgehead atoms. The minimum Gasteiger partial charge on any atom is -0.497 e. The van der Waals surface area contributed by atoms with Gasteiger partial charge in [0.15, 0.2) is 11.5 Å². The maximum atomic E-state index is 12.2. The zero-order chi connectivity index (χ0) is 19.0. The Hall–Kier alpha value is -2.74. The van der Waals surface area contributed by atoms with Crippen LogP contribution in [0.1, 0.15) is 18.9 Å². The van der Waals surface area contributed by atoms with Gasteiger partial charge in [0.25, 0.3) is 10.0 Å². The van der Waals surface area contributed by atoms with Gasteiger partial charge in [-0.15, -0.1) is 0 Å². The number of nitrogens with zero attached hydrogens (tertiary/aromatic N) is 1. The third-order valence-electron chi connectivity index (χ3n) is 3.41. The number of methoxy groups -OCH3 is 2. The first-order valence-corrected chi connectivity index (χ1v) is 9.48. The predicted octanol–water partition coefficient (Wildman–Crippen LogP) is 2.81. The molecule has 0 fully saturated rings. The summed E-state index contributed by atoms with van der Waals surface area (Å²) in [5.41, 5.74) is 0.670. The van der Waals surface area contributed by atoms with Crippen LogP contribution < -0.4 is 19.0 Å². The molecule has 0 radical (unpaired) electrons. The highest BCUT2D eigenvalue weighted by atomic mass is 32.2. The summed E-state index contributed by atoms with van der Waals surface area (Å²) in [6.45, 7) is 2.61. The third-order valence-corrected chi connectivity index (χ3v) is 4.64. The molecule has 2 aromatic carbocycles.